The van der Waals surface area contributed by atoms with E-state index in [2.05, 4.69) is 37.4 Å². The molecule has 0 saturated heterocycles. The van der Waals surface area contributed by atoms with Crippen molar-refractivity contribution in [3.05, 3.63) is 70.8 Å². The zero-order chi connectivity index (χ0) is 16.1. The average molecular weight is 296 g/mol. The van der Waals surface area contributed by atoms with Gasteiger partial charge in [-0.1, -0.05) is 59.7 Å². The predicted octanol–water partition coefficient (Wildman–Crippen LogP) is 4.21. The molecule has 2 aromatic rings. The molecular weight excluding hydrogens is 272 g/mol. The number of benzene rings is 2. The minimum atomic E-state index is -0.0597. The van der Waals surface area contributed by atoms with Gasteiger partial charge in [-0.3, -0.25) is 0 Å². The molecule has 1 unspecified atom stereocenters. The number of carbonyl (C=O) groups excluding carboxylic acids is 1. The topological polar surface area (TPSA) is 32.3 Å². The lowest BCUT2D eigenvalue weighted by Crippen LogP contribution is -2.38. The molecule has 1 N–H and O–H groups in total. The van der Waals surface area contributed by atoms with E-state index in [4.69, 9.17) is 0 Å². The van der Waals surface area contributed by atoms with Crippen LogP contribution in [0.3, 0.4) is 0 Å². The summed E-state index contributed by atoms with van der Waals surface area (Å²) in [6.07, 6.45) is 0. The number of nitrogens with one attached hydrogen (secondary N) is 1. The van der Waals surface area contributed by atoms with Gasteiger partial charge in [-0.15, -0.1) is 0 Å². The van der Waals surface area contributed by atoms with Crippen molar-refractivity contribution in [2.75, 3.05) is 7.05 Å². The Balaban J connectivity index is 1.98. The van der Waals surface area contributed by atoms with Gasteiger partial charge in [-0.25, -0.2) is 4.79 Å². The second-order valence-corrected chi connectivity index (χ2v) is 5.93. The second-order valence-electron chi connectivity index (χ2n) is 5.93. The maximum Gasteiger partial charge on any atom is 0.317 e. The normalized spacial score (nSPS) is 11.8. The number of hydrogen-bond acceptors (Lipinski definition) is 1. The molecule has 22 heavy (non-hydrogen) atoms. The van der Waals surface area contributed by atoms with Gasteiger partial charge in [0.2, 0.25) is 0 Å². The van der Waals surface area contributed by atoms with Crippen molar-refractivity contribution < 1.29 is 4.79 Å². The lowest BCUT2D eigenvalue weighted by Gasteiger charge is -2.22. The summed E-state index contributed by atoms with van der Waals surface area (Å²) in [6, 6.07) is 16.3. The van der Waals surface area contributed by atoms with Crippen LogP contribution >= 0.6 is 0 Å². The van der Waals surface area contributed by atoms with Crippen LogP contribution in [0.25, 0.3) is 0 Å². The number of nitrogens with zero attached hydrogens (tertiary/aromatic N) is 1. The smallest absolute Gasteiger partial charge is 0.317 e. The molecule has 2 amide bonds. The Hall–Kier alpha value is -2.29. The van der Waals surface area contributed by atoms with Crippen LogP contribution in [0.5, 0.6) is 0 Å². The van der Waals surface area contributed by atoms with Crippen molar-refractivity contribution in [1.82, 2.24) is 10.2 Å². The standard InChI is InChI=1S/C19H24N2O/c1-14-10-15(2)12-18(11-14)16(3)20-19(22)21(4)13-17-8-6-5-7-9-17/h5-12,16H,13H2,1-4H3,(H,20,22). The van der Waals surface area contributed by atoms with Crippen molar-refractivity contribution in [1.29, 1.82) is 0 Å². The van der Waals surface area contributed by atoms with E-state index in [1.165, 1.54) is 11.1 Å². The van der Waals surface area contributed by atoms with Crippen LogP contribution in [0.4, 0.5) is 4.79 Å². The molecule has 2 rings (SSSR count). The summed E-state index contributed by atoms with van der Waals surface area (Å²) in [5.74, 6) is 0. The molecule has 0 aliphatic rings. The first kappa shape index (κ1) is 16.1. The highest BCUT2D eigenvalue weighted by Gasteiger charge is 2.14. The molecule has 0 aliphatic heterocycles. The fourth-order valence-corrected chi connectivity index (χ4v) is 2.57. The van der Waals surface area contributed by atoms with Crippen molar-refractivity contribution >= 4 is 6.03 Å². The largest absolute Gasteiger partial charge is 0.331 e. The van der Waals surface area contributed by atoms with E-state index in [0.717, 1.165) is 11.1 Å². The summed E-state index contributed by atoms with van der Waals surface area (Å²) < 4.78 is 0. The highest BCUT2D eigenvalue weighted by atomic mass is 16.2. The zero-order valence-corrected chi connectivity index (χ0v) is 13.8. The summed E-state index contributed by atoms with van der Waals surface area (Å²) in [5.41, 5.74) is 4.70. The van der Waals surface area contributed by atoms with Gasteiger partial charge in [0.05, 0.1) is 6.04 Å². The number of hydrogen-bond donors (Lipinski definition) is 1. The van der Waals surface area contributed by atoms with E-state index < -0.39 is 0 Å². The molecule has 0 aliphatic carbocycles. The summed E-state index contributed by atoms with van der Waals surface area (Å²) in [4.78, 5) is 14.0. The Morgan fingerprint density at radius 3 is 2.27 bits per heavy atom. The predicted molar refractivity (Wildman–Crippen MR) is 90.8 cm³/mol. The third-order valence-electron chi connectivity index (χ3n) is 3.69. The molecule has 0 spiro atoms. The molecule has 0 fully saturated rings. The first-order valence-corrected chi connectivity index (χ1v) is 7.59. The number of rotatable bonds is 4. The Morgan fingerprint density at radius 1 is 1.09 bits per heavy atom. The Bertz CT molecular complexity index is 617. The summed E-state index contributed by atoms with van der Waals surface area (Å²) >= 11 is 0. The van der Waals surface area contributed by atoms with E-state index in [9.17, 15) is 4.79 Å². The van der Waals surface area contributed by atoms with Crippen molar-refractivity contribution in [2.45, 2.75) is 33.4 Å². The number of amides is 2. The molecule has 2 aromatic carbocycles. The minimum absolute atomic E-state index is 0.00989. The molecule has 0 bridgehead atoms. The van der Waals surface area contributed by atoms with Crippen LogP contribution in [-0.4, -0.2) is 18.0 Å². The zero-order valence-electron chi connectivity index (χ0n) is 13.8. The van der Waals surface area contributed by atoms with Crippen LogP contribution in [0.2, 0.25) is 0 Å². The van der Waals surface area contributed by atoms with Gasteiger partial charge in [-0.05, 0) is 31.9 Å². The van der Waals surface area contributed by atoms with Crippen molar-refractivity contribution in [2.24, 2.45) is 0 Å². The molecule has 0 aromatic heterocycles. The fraction of sp³-hybridized carbons (Fsp3) is 0.316. The van der Waals surface area contributed by atoms with E-state index in [1.807, 2.05) is 44.3 Å². The molecular formula is C19H24N2O. The molecule has 116 valence electrons. The van der Waals surface area contributed by atoms with Crippen LogP contribution in [0.15, 0.2) is 48.5 Å². The van der Waals surface area contributed by atoms with Gasteiger partial charge in [0.25, 0.3) is 0 Å². The third-order valence-corrected chi connectivity index (χ3v) is 3.69. The highest BCUT2D eigenvalue weighted by Crippen LogP contribution is 2.17. The lowest BCUT2D eigenvalue weighted by atomic mass is 10.0. The number of carbonyl (C=O) groups is 1. The molecule has 0 radical (unpaired) electrons. The number of urea groups is 1. The molecule has 1 atom stereocenters. The first-order valence-electron chi connectivity index (χ1n) is 7.59. The van der Waals surface area contributed by atoms with Crippen LogP contribution in [0.1, 0.15) is 35.2 Å². The first-order chi connectivity index (χ1) is 10.5. The number of aryl methyl sites for hydroxylation is 2. The van der Waals surface area contributed by atoms with E-state index in [1.54, 1.807) is 4.90 Å². The van der Waals surface area contributed by atoms with Gasteiger partial charge in [-0.2, -0.15) is 0 Å². The molecule has 0 heterocycles. The Morgan fingerprint density at radius 2 is 1.68 bits per heavy atom. The lowest BCUT2D eigenvalue weighted by molar-refractivity contribution is 0.203. The summed E-state index contributed by atoms with van der Waals surface area (Å²) in [7, 11) is 1.82. The highest BCUT2D eigenvalue weighted by molar-refractivity contribution is 5.74. The minimum Gasteiger partial charge on any atom is -0.331 e. The van der Waals surface area contributed by atoms with Gasteiger partial charge in [0.15, 0.2) is 0 Å². The molecule has 3 nitrogen and oxygen atoms in total. The van der Waals surface area contributed by atoms with E-state index >= 15 is 0 Å². The van der Waals surface area contributed by atoms with Crippen LogP contribution in [0, 0.1) is 13.8 Å². The maximum atomic E-state index is 12.3. The Labute approximate surface area is 133 Å². The molecule has 3 heteroatoms. The van der Waals surface area contributed by atoms with Gasteiger partial charge in [0.1, 0.15) is 0 Å². The second kappa shape index (κ2) is 7.12. The van der Waals surface area contributed by atoms with Gasteiger partial charge < -0.3 is 10.2 Å². The quantitative estimate of drug-likeness (QED) is 0.900. The SMILES string of the molecule is Cc1cc(C)cc(C(C)NC(=O)N(C)Cc2ccccc2)c1. The Kier molecular flexibility index (Phi) is 5.21. The van der Waals surface area contributed by atoms with Crippen molar-refractivity contribution in [3.8, 4) is 0 Å². The summed E-state index contributed by atoms with van der Waals surface area (Å²) in [6.45, 7) is 6.77. The van der Waals surface area contributed by atoms with Crippen molar-refractivity contribution in [3.63, 3.8) is 0 Å². The summed E-state index contributed by atoms with van der Waals surface area (Å²) in [5, 5.41) is 3.06. The van der Waals surface area contributed by atoms with Crippen LogP contribution in [-0.2, 0) is 6.54 Å². The monoisotopic (exact) mass is 296 g/mol. The fourth-order valence-electron chi connectivity index (χ4n) is 2.57. The van der Waals surface area contributed by atoms with Crippen LogP contribution < -0.4 is 5.32 Å². The van der Waals surface area contributed by atoms with Gasteiger partial charge in [0, 0.05) is 13.6 Å². The molecule has 0 saturated carbocycles. The van der Waals surface area contributed by atoms with Gasteiger partial charge >= 0.3 is 6.03 Å². The third kappa shape index (κ3) is 4.35. The average Bonchev–Trinajstić information content (AvgIpc) is 2.47. The maximum absolute atomic E-state index is 12.3. The van der Waals surface area contributed by atoms with E-state index in [0.29, 0.717) is 6.54 Å². The van der Waals surface area contributed by atoms with E-state index in [-0.39, 0.29) is 12.1 Å².